The van der Waals surface area contributed by atoms with Gasteiger partial charge in [0, 0.05) is 0 Å². The molecule has 0 aromatic heterocycles. The van der Waals surface area contributed by atoms with Crippen LogP contribution < -0.4 is 5.32 Å². The van der Waals surface area contributed by atoms with E-state index in [1.54, 1.807) is 0 Å². The molecule has 1 fully saturated rings. The molecule has 1 heterocycles. The van der Waals surface area contributed by atoms with Crippen molar-refractivity contribution in [1.82, 2.24) is 5.32 Å². The van der Waals surface area contributed by atoms with E-state index in [9.17, 15) is 0 Å². The van der Waals surface area contributed by atoms with Crippen LogP contribution >= 0.6 is 37.2 Å². The molecule has 0 aliphatic carbocycles. The van der Waals surface area contributed by atoms with E-state index >= 15 is 0 Å². The molecule has 1 nitrogen and oxygen atoms in total. The minimum absolute atomic E-state index is 0. The summed E-state index contributed by atoms with van der Waals surface area (Å²) in [4.78, 5) is 0. The molecule has 1 aliphatic rings. The minimum atomic E-state index is 0. The van der Waals surface area contributed by atoms with E-state index < -0.39 is 0 Å². The first-order valence-corrected chi connectivity index (χ1v) is 2.71. The van der Waals surface area contributed by atoms with Crippen molar-refractivity contribution in [2.75, 3.05) is 13.1 Å². The fraction of sp³-hybridized carbons (Fsp3) is 1.00. The van der Waals surface area contributed by atoms with Crippen LogP contribution in [0.5, 0.6) is 0 Å². The molecule has 4 heteroatoms. The molecule has 1 aliphatic heterocycles. The van der Waals surface area contributed by atoms with Gasteiger partial charge in [-0.05, 0) is 25.9 Å². The first kappa shape index (κ1) is 16.4. The summed E-state index contributed by atoms with van der Waals surface area (Å²) in [5.41, 5.74) is 0. The molecule has 0 atom stereocenters. The monoisotopic (exact) mass is 193 g/mol. The van der Waals surface area contributed by atoms with Crippen LogP contribution in [0, 0.1) is 0 Å². The third kappa shape index (κ3) is 8.83. The summed E-state index contributed by atoms with van der Waals surface area (Å²) in [5, 5.41) is 3.28. The van der Waals surface area contributed by atoms with Crippen LogP contribution in [-0.4, -0.2) is 13.1 Å². The first-order chi connectivity index (χ1) is 3.00. The minimum Gasteiger partial charge on any atom is -0.317 e. The van der Waals surface area contributed by atoms with Crippen molar-refractivity contribution in [3.63, 3.8) is 0 Å². The number of rotatable bonds is 0. The summed E-state index contributed by atoms with van der Waals surface area (Å²) in [5.74, 6) is 0. The predicted molar refractivity (Wildman–Crippen MR) is 48.5 cm³/mol. The highest BCUT2D eigenvalue weighted by Crippen LogP contribution is 1.96. The largest absolute Gasteiger partial charge is 0.317 e. The SMILES string of the molecule is C1CCNCC1.Cl.Cl.Cl. The Balaban J connectivity index is -0.000000120. The zero-order valence-corrected chi connectivity index (χ0v) is 7.71. The lowest BCUT2D eigenvalue weighted by atomic mass is 10.2. The Morgan fingerprint density at radius 2 is 1.11 bits per heavy atom. The molecule has 0 spiro atoms. The third-order valence-corrected chi connectivity index (χ3v) is 1.21. The van der Waals surface area contributed by atoms with Crippen molar-refractivity contribution in [1.29, 1.82) is 0 Å². The van der Waals surface area contributed by atoms with Crippen LogP contribution in [0.15, 0.2) is 0 Å². The quantitative estimate of drug-likeness (QED) is 0.622. The fourth-order valence-corrected chi connectivity index (χ4v) is 0.802. The molecule has 0 aromatic carbocycles. The second kappa shape index (κ2) is 11.6. The predicted octanol–water partition coefficient (Wildman–Crippen LogP) is 2.03. The molecule has 0 bridgehead atoms. The summed E-state index contributed by atoms with van der Waals surface area (Å²) in [6, 6.07) is 0. The van der Waals surface area contributed by atoms with Crippen molar-refractivity contribution in [3.05, 3.63) is 0 Å². The van der Waals surface area contributed by atoms with Crippen molar-refractivity contribution < 1.29 is 0 Å². The summed E-state index contributed by atoms with van der Waals surface area (Å²) in [7, 11) is 0. The normalized spacial score (nSPS) is 16.0. The molecule has 9 heavy (non-hydrogen) atoms. The van der Waals surface area contributed by atoms with Crippen molar-refractivity contribution >= 4 is 37.2 Å². The number of halogens is 3. The maximum atomic E-state index is 3.28. The van der Waals surface area contributed by atoms with Gasteiger partial charge in [0.15, 0.2) is 0 Å². The van der Waals surface area contributed by atoms with Crippen LogP contribution in [0.1, 0.15) is 19.3 Å². The van der Waals surface area contributed by atoms with Gasteiger partial charge in [-0.2, -0.15) is 0 Å². The van der Waals surface area contributed by atoms with E-state index in [1.807, 2.05) is 0 Å². The second-order valence-electron chi connectivity index (χ2n) is 1.81. The van der Waals surface area contributed by atoms with E-state index in [4.69, 9.17) is 0 Å². The highest BCUT2D eigenvalue weighted by molar-refractivity contribution is 5.86. The third-order valence-electron chi connectivity index (χ3n) is 1.21. The van der Waals surface area contributed by atoms with Crippen molar-refractivity contribution in [2.45, 2.75) is 19.3 Å². The van der Waals surface area contributed by atoms with Crippen LogP contribution in [0.2, 0.25) is 0 Å². The maximum Gasteiger partial charge on any atom is -0.00489 e. The average molecular weight is 195 g/mol. The van der Waals surface area contributed by atoms with Gasteiger partial charge < -0.3 is 5.32 Å². The molecule has 1 saturated heterocycles. The van der Waals surface area contributed by atoms with Gasteiger partial charge in [-0.3, -0.25) is 0 Å². The van der Waals surface area contributed by atoms with Gasteiger partial charge in [-0.25, -0.2) is 0 Å². The van der Waals surface area contributed by atoms with Crippen molar-refractivity contribution in [3.8, 4) is 0 Å². The van der Waals surface area contributed by atoms with E-state index in [0.29, 0.717) is 0 Å². The molecule has 1 N–H and O–H groups in total. The molecule has 0 radical (unpaired) electrons. The second-order valence-corrected chi connectivity index (χ2v) is 1.81. The summed E-state index contributed by atoms with van der Waals surface area (Å²) in [6.45, 7) is 2.50. The van der Waals surface area contributed by atoms with Crippen molar-refractivity contribution in [2.24, 2.45) is 0 Å². The smallest absolute Gasteiger partial charge is 0.00489 e. The van der Waals surface area contributed by atoms with Crippen LogP contribution in [0.3, 0.4) is 0 Å². The summed E-state index contributed by atoms with van der Waals surface area (Å²) >= 11 is 0. The standard InChI is InChI=1S/C5H11N.3ClH/c1-2-4-6-5-3-1;;;/h6H,1-5H2;3*1H. The summed E-state index contributed by atoms with van der Waals surface area (Å²) in [6.07, 6.45) is 4.22. The first-order valence-electron chi connectivity index (χ1n) is 2.71. The Kier molecular flexibility index (Phi) is 21.2. The van der Waals surface area contributed by atoms with Crippen LogP contribution in [-0.2, 0) is 0 Å². The Morgan fingerprint density at radius 3 is 1.22 bits per heavy atom. The average Bonchev–Trinajstić information content (AvgIpc) is 1.72. The number of nitrogens with one attached hydrogen (secondary N) is 1. The topological polar surface area (TPSA) is 12.0 Å². The molecule has 60 valence electrons. The van der Waals surface area contributed by atoms with E-state index in [-0.39, 0.29) is 37.2 Å². The lowest BCUT2D eigenvalue weighted by molar-refractivity contribution is 0.520. The van der Waals surface area contributed by atoms with Gasteiger partial charge in [0.2, 0.25) is 0 Å². The Labute approximate surface area is 75.2 Å². The van der Waals surface area contributed by atoms with Crippen LogP contribution in [0.25, 0.3) is 0 Å². The lowest BCUT2D eigenvalue weighted by Gasteiger charge is -2.08. The van der Waals surface area contributed by atoms with Gasteiger partial charge in [-0.15, -0.1) is 37.2 Å². The van der Waals surface area contributed by atoms with Gasteiger partial charge in [0.05, 0.1) is 0 Å². The van der Waals surface area contributed by atoms with Gasteiger partial charge >= 0.3 is 0 Å². The number of piperidine rings is 1. The van der Waals surface area contributed by atoms with E-state index in [2.05, 4.69) is 5.32 Å². The van der Waals surface area contributed by atoms with E-state index in [1.165, 1.54) is 32.4 Å². The highest BCUT2D eigenvalue weighted by Gasteiger charge is 1.93. The molecular formula is C5H14Cl3N. The van der Waals surface area contributed by atoms with Crippen LogP contribution in [0.4, 0.5) is 0 Å². The fourth-order valence-electron chi connectivity index (χ4n) is 0.802. The van der Waals surface area contributed by atoms with Gasteiger partial charge in [-0.1, -0.05) is 6.42 Å². The molecule has 0 amide bonds. The van der Waals surface area contributed by atoms with Gasteiger partial charge in [0.1, 0.15) is 0 Å². The lowest BCUT2D eigenvalue weighted by Crippen LogP contribution is -2.21. The zero-order chi connectivity index (χ0) is 4.24. The molecule has 1 rings (SSSR count). The zero-order valence-electron chi connectivity index (χ0n) is 5.26. The summed E-state index contributed by atoms with van der Waals surface area (Å²) < 4.78 is 0. The Bertz CT molecular complexity index is 27.7. The highest BCUT2D eigenvalue weighted by atomic mass is 35.5. The molecule has 0 unspecified atom stereocenters. The molecule has 0 aromatic rings. The van der Waals surface area contributed by atoms with E-state index in [0.717, 1.165) is 0 Å². The number of hydrogen-bond donors (Lipinski definition) is 1. The van der Waals surface area contributed by atoms with Gasteiger partial charge in [0.25, 0.3) is 0 Å². The molecular weight excluding hydrogens is 180 g/mol. The number of hydrogen-bond acceptors (Lipinski definition) is 1. The Morgan fingerprint density at radius 1 is 0.667 bits per heavy atom. The Hall–Kier alpha value is 0.830. The maximum absolute atomic E-state index is 3.28. The molecule has 0 saturated carbocycles.